The predicted molar refractivity (Wildman–Crippen MR) is 57.8 cm³/mol. The van der Waals surface area contributed by atoms with Crippen molar-refractivity contribution < 1.29 is 9.90 Å². The van der Waals surface area contributed by atoms with Gasteiger partial charge in [-0.15, -0.1) is 12.6 Å². The molecular weight excluding hydrogens is 289 g/mol. The molecule has 0 spiro atoms. The van der Waals surface area contributed by atoms with Gasteiger partial charge in [-0.05, 0) is 34.7 Å². The fourth-order valence-electron chi connectivity index (χ4n) is 0.768. The van der Waals surface area contributed by atoms with Crippen LogP contribution in [0, 0.1) is 3.57 Å². The Hall–Kier alpha value is -0.430. The van der Waals surface area contributed by atoms with Gasteiger partial charge in [-0.1, -0.05) is 0 Å². The van der Waals surface area contributed by atoms with Crippen LogP contribution in [0.4, 0.5) is 5.69 Å². The monoisotopic (exact) mass is 295 g/mol. The summed E-state index contributed by atoms with van der Waals surface area (Å²) in [5.74, 6) is -1.03. The topological polar surface area (TPSA) is 63.3 Å². The molecule has 0 atom stereocenters. The number of halogens is 1. The van der Waals surface area contributed by atoms with Gasteiger partial charge in [-0.25, -0.2) is 4.79 Å². The number of benzene rings is 1. The summed E-state index contributed by atoms with van der Waals surface area (Å²) >= 11 is 6.12. The minimum Gasteiger partial charge on any atom is -0.478 e. The van der Waals surface area contributed by atoms with E-state index in [4.69, 9.17) is 10.8 Å². The standard InChI is InChI=1S/C7H6INO2S/c8-4-2-1-3(7(10)11)5(9)6(4)12/h1-2,12H,9H2,(H,10,11). The molecule has 0 unspecified atom stereocenters. The van der Waals surface area contributed by atoms with Crippen molar-refractivity contribution in [3.8, 4) is 0 Å². The van der Waals surface area contributed by atoms with Crippen LogP contribution >= 0.6 is 35.2 Å². The van der Waals surface area contributed by atoms with E-state index < -0.39 is 5.97 Å². The average Bonchev–Trinajstić information content (AvgIpc) is 2.00. The maximum atomic E-state index is 10.6. The highest BCUT2D eigenvalue weighted by molar-refractivity contribution is 14.1. The van der Waals surface area contributed by atoms with Crippen LogP contribution in [0.2, 0.25) is 0 Å². The number of hydrogen-bond acceptors (Lipinski definition) is 3. The lowest BCUT2D eigenvalue weighted by molar-refractivity contribution is 0.0698. The number of nitrogens with two attached hydrogens (primary N) is 1. The van der Waals surface area contributed by atoms with E-state index >= 15 is 0 Å². The molecule has 0 radical (unpaired) electrons. The molecule has 0 saturated carbocycles. The summed E-state index contributed by atoms with van der Waals surface area (Å²) in [5.41, 5.74) is 5.84. The van der Waals surface area contributed by atoms with Crippen LogP contribution in [0.25, 0.3) is 0 Å². The summed E-state index contributed by atoms with van der Waals surface area (Å²) in [4.78, 5) is 11.1. The Morgan fingerprint density at radius 1 is 1.58 bits per heavy atom. The van der Waals surface area contributed by atoms with Crippen LogP contribution in [-0.4, -0.2) is 11.1 Å². The highest BCUT2D eigenvalue weighted by Crippen LogP contribution is 2.26. The first kappa shape index (κ1) is 9.66. The summed E-state index contributed by atoms with van der Waals surface area (Å²) in [6.07, 6.45) is 0. The van der Waals surface area contributed by atoms with E-state index in [1.165, 1.54) is 6.07 Å². The van der Waals surface area contributed by atoms with Crippen LogP contribution in [0.1, 0.15) is 10.4 Å². The summed E-state index contributed by atoms with van der Waals surface area (Å²) < 4.78 is 0.846. The van der Waals surface area contributed by atoms with Crippen molar-refractivity contribution in [2.75, 3.05) is 5.73 Å². The van der Waals surface area contributed by atoms with Gasteiger partial charge in [0.2, 0.25) is 0 Å². The smallest absolute Gasteiger partial charge is 0.337 e. The van der Waals surface area contributed by atoms with Gasteiger partial charge in [0.1, 0.15) is 0 Å². The summed E-state index contributed by atoms with van der Waals surface area (Å²) in [5, 5.41) is 8.66. The zero-order valence-electron chi connectivity index (χ0n) is 5.91. The fourth-order valence-corrected chi connectivity index (χ4v) is 1.43. The third kappa shape index (κ3) is 1.66. The van der Waals surface area contributed by atoms with E-state index in [-0.39, 0.29) is 11.3 Å². The summed E-state index contributed by atoms with van der Waals surface area (Å²) in [6, 6.07) is 3.14. The first-order valence-corrected chi connectivity index (χ1v) is 4.57. The second kappa shape index (κ2) is 3.53. The predicted octanol–water partition coefficient (Wildman–Crippen LogP) is 1.86. The molecular formula is C7H6INO2S. The number of rotatable bonds is 1. The van der Waals surface area contributed by atoms with Crippen molar-refractivity contribution in [2.45, 2.75) is 4.90 Å². The second-order valence-electron chi connectivity index (χ2n) is 2.16. The third-order valence-corrected chi connectivity index (χ3v) is 3.21. The number of carbonyl (C=O) groups is 1. The van der Waals surface area contributed by atoms with Crippen molar-refractivity contribution in [1.82, 2.24) is 0 Å². The number of nitrogen functional groups attached to an aromatic ring is 1. The van der Waals surface area contributed by atoms with Gasteiger partial charge in [0.25, 0.3) is 0 Å². The molecule has 0 aliphatic rings. The quantitative estimate of drug-likeness (QED) is 0.421. The lowest BCUT2D eigenvalue weighted by atomic mass is 10.2. The third-order valence-electron chi connectivity index (χ3n) is 1.40. The van der Waals surface area contributed by atoms with E-state index in [0.29, 0.717) is 4.90 Å². The van der Waals surface area contributed by atoms with Crippen LogP contribution in [0.15, 0.2) is 17.0 Å². The van der Waals surface area contributed by atoms with Gasteiger partial charge >= 0.3 is 5.97 Å². The molecule has 0 aliphatic heterocycles. The van der Waals surface area contributed by atoms with E-state index in [1.807, 2.05) is 22.6 Å². The molecule has 1 rings (SSSR count). The van der Waals surface area contributed by atoms with Crippen molar-refractivity contribution >= 4 is 46.9 Å². The zero-order valence-corrected chi connectivity index (χ0v) is 8.96. The SMILES string of the molecule is Nc1c(C(=O)O)ccc(I)c1S. The lowest BCUT2D eigenvalue weighted by Crippen LogP contribution is -2.03. The van der Waals surface area contributed by atoms with Gasteiger partial charge in [0.05, 0.1) is 11.3 Å². The van der Waals surface area contributed by atoms with Crippen molar-refractivity contribution in [1.29, 1.82) is 0 Å². The summed E-state index contributed by atoms with van der Waals surface area (Å²) in [6.45, 7) is 0. The molecule has 0 saturated heterocycles. The summed E-state index contributed by atoms with van der Waals surface area (Å²) in [7, 11) is 0. The zero-order chi connectivity index (χ0) is 9.30. The molecule has 5 heteroatoms. The molecule has 0 fully saturated rings. The average molecular weight is 295 g/mol. The minimum absolute atomic E-state index is 0.0976. The Balaban J connectivity index is 3.36. The number of aromatic carboxylic acids is 1. The Morgan fingerprint density at radius 3 is 2.67 bits per heavy atom. The lowest BCUT2D eigenvalue weighted by Gasteiger charge is -2.04. The normalized spacial score (nSPS) is 9.83. The van der Waals surface area contributed by atoms with Crippen LogP contribution in [0.3, 0.4) is 0 Å². The maximum Gasteiger partial charge on any atom is 0.337 e. The highest BCUT2D eigenvalue weighted by atomic mass is 127. The fraction of sp³-hybridized carbons (Fsp3) is 0. The van der Waals surface area contributed by atoms with Crippen molar-refractivity contribution in [2.24, 2.45) is 0 Å². The van der Waals surface area contributed by atoms with Crippen LogP contribution < -0.4 is 5.73 Å². The Bertz CT molecular complexity index is 340. The highest BCUT2D eigenvalue weighted by Gasteiger charge is 2.11. The molecule has 0 bridgehead atoms. The molecule has 12 heavy (non-hydrogen) atoms. The van der Waals surface area contributed by atoms with E-state index in [2.05, 4.69) is 12.6 Å². The Morgan fingerprint density at radius 2 is 2.17 bits per heavy atom. The van der Waals surface area contributed by atoms with Crippen LogP contribution in [-0.2, 0) is 0 Å². The second-order valence-corrected chi connectivity index (χ2v) is 3.77. The number of carboxylic acids is 1. The molecule has 64 valence electrons. The first-order valence-electron chi connectivity index (χ1n) is 3.04. The number of carboxylic acid groups (broad SMARTS) is 1. The molecule has 3 N–H and O–H groups in total. The molecule has 0 heterocycles. The maximum absolute atomic E-state index is 10.6. The largest absolute Gasteiger partial charge is 0.478 e. The number of hydrogen-bond donors (Lipinski definition) is 3. The van der Waals surface area contributed by atoms with Gasteiger partial charge in [0.15, 0.2) is 0 Å². The van der Waals surface area contributed by atoms with Crippen molar-refractivity contribution in [3.05, 3.63) is 21.3 Å². The molecule has 1 aromatic rings. The minimum atomic E-state index is -1.03. The van der Waals surface area contributed by atoms with Gasteiger partial charge in [0, 0.05) is 8.47 Å². The molecule has 1 aromatic carbocycles. The molecule has 3 nitrogen and oxygen atoms in total. The Labute approximate surface area is 88.5 Å². The van der Waals surface area contributed by atoms with Crippen molar-refractivity contribution in [3.63, 3.8) is 0 Å². The van der Waals surface area contributed by atoms with E-state index in [1.54, 1.807) is 6.07 Å². The Kier molecular flexibility index (Phi) is 2.84. The van der Waals surface area contributed by atoms with Gasteiger partial charge in [-0.3, -0.25) is 0 Å². The van der Waals surface area contributed by atoms with Gasteiger partial charge < -0.3 is 10.8 Å². The molecule has 0 aromatic heterocycles. The van der Waals surface area contributed by atoms with E-state index in [9.17, 15) is 4.79 Å². The van der Waals surface area contributed by atoms with E-state index in [0.717, 1.165) is 3.57 Å². The molecule has 0 amide bonds. The first-order chi connectivity index (χ1) is 5.54. The number of anilines is 1. The number of thiol groups is 1. The molecule has 0 aliphatic carbocycles. The van der Waals surface area contributed by atoms with Gasteiger partial charge in [-0.2, -0.15) is 0 Å². The van der Waals surface area contributed by atoms with Crippen LogP contribution in [0.5, 0.6) is 0 Å².